The van der Waals surface area contributed by atoms with Gasteiger partial charge in [0.2, 0.25) is 5.91 Å². The number of carbonyl (C=O) groups excluding carboxylic acids is 2. The number of hydrogen-bond acceptors (Lipinski definition) is 3. The molecule has 1 N–H and O–H groups in total. The van der Waals surface area contributed by atoms with Crippen LogP contribution in [0.25, 0.3) is 0 Å². The lowest BCUT2D eigenvalue weighted by molar-refractivity contribution is -0.146. The standard InChI is InChI=1S/C23H27FN2O3/c1-17(29-16-19-5-3-2-4-6-19)23(28)26-13-11-20(12-14-26)22(27)25-15-18-7-9-21(24)10-8-18/h2-10,17,20H,11-16H2,1H3,(H,25,27). The van der Waals surface area contributed by atoms with Crippen LogP contribution in [0.3, 0.4) is 0 Å². The number of rotatable bonds is 7. The lowest BCUT2D eigenvalue weighted by atomic mass is 9.95. The van der Waals surface area contributed by atoms with Crippen molar-refractivity contribution >= 4 is 11.8 Å². The summed E-state index contributed by atoms with van der Waals surface area (Å²) in [6.07, 6.45) is 0.748. The Balaban J connectivity index is 1.40. The Morgan fingerprint density at radius 3 is 2.38 bits per heavy atom. The van der Waals surface area contributed by atoms with E-state index >= 15 is 0 Å². The van der Waals surface area contributed by atoms with Gasteiger partial charge in [0.05, 0.1) is 6.61 Å². The molecule has 1 atom stereocenters. The summed E-state index contributed by atoms with van der Waals surface area (Å²) in [7, 11) is 0. The Kier molecular flexibility index (Phi) is 7.36. The fourth-order valence-corrected chi connectivity index (χ4v) is 3.42. The smallest absolute Gasteiger partial charge is 0.251 e. The van der Waals surface area contributed by atoms with Gasteiger partial charge < -0.3 is 15.0 Å². The summed E-state index contributed by atoms with van der Waals surface area (Å²) in [6, 6.07) is 15.8. The summed E-state index contributed by atoms with van der Waals surface area (Å²) in [5.41, 5.74) is 1.89. The van der Waals surface area contributed by atoms with Gasteiger partial charge in [-0.3, -0.25) is 9.59 Å². The Morgan fingerprint density at radius 1 is 1.07 bits per heavy atom. The number of benzene rings is 2. The zero-order valence-corrected chi connectivity index (χ0v) is 16.6. The van der Waals surface area contributed by atoms with Gasteiger partial charge >= 0.3 is 0 Å². The van der Waals surface area contributed by atoms with Crippen LogP contribution in [-0.2, 0) is 27.5 Å². The topological polar surface area (TPSA) is 58.6 Å². The molecule has 0 radical (unpaired) electrons. The SMILES string of the molecule is CC(OCc1ccccc1)C(=O)N1CCC(C(=O)NCc2ccc(F)cc2)CC1. The van der Waals surface area contributed by atoms with Crippen molar-refractivity contribution < 1.29 is 18.7 Å². The van der Waals surface area contributed by atoms with Crippen LogP contribution in [-0.4, -0.2) is 35.9 Å². The monoisotopic (exact) mass is 398 g/mol. The van der Waals surface area contributed by atoms with Crippen LogP contribution in [0.2, 0.25) is 0 Å². The van der Waals surface area contributed by atoms with Crippen molar-refractivity contribution in [2.45, 2.75) is 39.0 Å². The lowest BCUT2D eigenvalue weighted by Gasteiger charge is -2.33. The average Bonchev–Trinajstić information content (AvgIpc) is 2.77. The van der Waals surface area contributed by atoms with E-state index in [1.54, 1.807) is 24.0 Å². The molecule has 0 spiro atoms. The summed E-state index contributed by atoms with van der Waals surface area (Å²) >= 11 is 0. The predicted molar refractivity (Wildman–Crippen MR) is 108 cm³/mol. The first-order valence-corrected chi connectivity index (χ1v) is 9.99. The lowest BCUT2D eigenvalue weighted by Crippen LogP contribution is -2.46. The fourth-order valence-electron chi connectivity index (χ4n) is 3.42. The molecule has 1 heterocycles. The fraction of sp³-hybridized carbons (Fsp3) is 0.391. The molecule has 1 aliphatic heterocycles. The van der Waals surface area contributed by atoms with Crippen LogP contribution < -0.4 is 5.32 Å². The van der Waals surface area contributed by atoms with Crippen molar-refractivity contribution in [3.63, 3.8) is 0 Å². The maximum Gasteiger partial charge on any atom is 0.251 e. The highest BCUT2D eigenvalue weighted by molar-refractivity contribution is 5.82. The van der Waals surface area contributed by atoms with E-state index < -0.39 is 6.10 Å². The van der Waals surface area contributed by atoms with Crippen LogP contribution in [0.15, 0.2) is 54.6 Å². The Bertz CT molecular complexity index is 803. The van der Waals surface area contributed by atoms with E-state index in [4.69, 9.17) is 4.74 Å². The summed E-state index contributed by atoms with van der Waals surface area (Å²) in [4.78, 5) is 26.8. The number of amides is 2. The first kappa shape index (κ1) is 21.0. The van der Waals surface area contributed by atoms with E-state index in [0.717, 1.165) is 11.1 Å². The van der Waals surface area contributed by atoms with Crippen molar-refractivity contribution in [3.8, 4) is 0 Å². The van der Waals surface area contributed by atoms with Crippen molar-refractivity contribution in [3.05, 3.63) is 71.5 Å². The second-order valence-corrected chi connectivity index (χ2v) is 7.38. The molecule has 0 bridgehead atoms. The summed E-state index contributed by atoms with van der Waals surface area (Å²) in [5.74, 6) is -0.458. The first-order chi connectivity index (χ1) is 14.0. The highest BCUT2D eigenvalue weighted by Crippen LogP contribution is 2.19. The number of piperidine rings is 1. The van der Waals surface area contributed by atoms with Crippen LogP contribution in [0, 0.1) is 11.7 Å². The van der Waals surface area contributed by atoms with Gasteiger partial charge in [0, 0.05) is 25.6 Å². The predicted octanol–water partition coefficient (Wildman–Crippen LogP) is 3.29. The molecule has 2 aromatic rings. The maximum atomic E-state index is 12.9. The van der Waals surface area contributed by atoms with Gasteiger partial charge in [-0.25, -0.2) is 4.39 Å². The van der Waals surface area contributed by atoms with Gasteiger partial charge in [-0.15, -0.1) is 0 Å². The maximum absolute atomic E-state index is 12.9. The van der Waals surface area contributed by atoms with Crippen molar-refractivity contribution in [1.82, 2.24) is 10.2 Å². The zero-order chi connectivity index (χ0) is 20.6. The van der Waals surface area contributed by atoms with Crippen molar-refractivity contribution in [2.24, 2.45) is 5.92 Å². The molecule has 1 unspecified atom stereocenters. The van der Waals surface area contributed by atoms with Gasteiger partial charge in [0.25, 0.3) is 5.91 Å². The second-order valence-electron chi connectivity index (χ2n) is 7.38. The number of hydrogen-bond donors (Lipinski definition) is 1. The Hall–Kier alpha value is -2.73. The Labute approximate surface area is 170 Å². The quantitative estimate of drug-likeness (QED) is 0.779. The van der Waals surface area contributed by atoms with E-state index in [1.807, 2.05) is 30.3 Å². The van der Waals surface area contributed by atoms with E-state index in [9.17, 15) is 14.0 Å². The molecule has 6 heteroatoms. The number of nitrogens with one attached hydrogen (secondary N) is 1. The number of nitrogens with zero attached hydrogens (tertiary/aromatic N) is 1. The largest absolute Gasteiger partial charge is 0.364 e. The highest BCUT2D eigenvalue weighted by atomic mass is 19.1. The molecule has 2 aromatic carbocycles. The van der Waals surface area contributed by atoms with Crippen LogP contribution in [0.4, 0.5) is 4.39 Å². The van der Waals surface area contributed by atoms with Gasteiger partial charge in [-0.1, -0.05) is 42.5 Å². The third-order valence-electron chi connectivity index (χ3n) is 5.25. The molecular weight excluding hydrogens is 371 g/mol. The number of likely N-dealkylation sites (tertiary alicyclic amines) is 1. The minimum Gasteiger partial charge on any atom is -0.364 e. The van der Waals surface area contributed by atoms with E-state index in [2.05, 4.69) is 5.32 Å². The minimum atomic E-state index is -0.515. The van der Waals surface area contributed by atoms with Gasteiger partial charge in [-0.05, 0) is 43.0 Å². The van der Waals surface area contributed by atoms with E-state index in [-0.39, 0.29) is 23.5 Å². The molecule has 29 heavy (non-hydrogen) atoms. The summed E-state index contributed by atoms with van der Waals surface area (Å²) < 4.78 is 18.7. The number of halogens is 1. The number of ether oxygens (including phenoxy) is 1. The van der Waals surface area contributed by atoms with Gasteiger partial charge in [0.15, 0.2) is 0 Å². The third-order valence-corrected chi connectivity index (χ3v) is 5.25. The second kappa shape index (κ2) is 10.2. The molecule has 5 nitrogen and oxygen atoms in total. The molecule has 3 rings (SSSR count). The van der Waals surface area contributed by atoms with Crippen LogP contribution in [0.5, 0.6) is 0 Å². The minimum absolute atomic E-state index is 0.0187. The summed E-state index contributed by atoms with van der Waals surface area (Å²) in [5, 5.41) is 2.90. The number of carbonyl (C=O) groups is 2. The van der Waals surface area contributed by atoms with E-state index in [0.29, 0.717) is 39.1 Å². The molecule has 2 amide bonds. The summed E-state index contributed by atoms with van der Waals surface area (Å²) in [6.45, 7) is 3.64. The molecule has 1 saturated heterocycles. The normalized spacial score (nSPS) is 15.7. The van der Waals surface area contributed by atoms with Crippen LogP contribution >= 0.6 is 0 Å². The molecule has 1 fully saturated rings. The third kappa shape index (κ3) is 6.12. The molecule has 154 valence electrons. The molecule has 0 aromatic heterocycles. The molecule has 1 aliphatic rings. The van der Waals surface area contributed by atoms with E-state index in [1.165, 1.54) is 12.1 Å². The Morgan fingerprint density at radius 2 is 1.72 bits per heavy atom. The zero-order valence-electron chi connectivity index (χ0n) is 16.6. The molecular formula is C23H27FN2O3. The van der Waals surface area contributed by atoms with Crippen LogP contribution in [0.1, 0.15) is 30.9 Å². The molecule has 0 saturated carbocycles. The molecule has 0 aliphatic carbocycles. The highest BCUT2D eigenvalue weighted by Gasteiger charge is 2.29. The van der Waals surface area contributed by atoms with Crippen molar-refractivity contribution in [1.29, 1.82) is 0 Å². The van der Waals surface area contributed by atoms with Gasteiger partial charge in [-0.2, -0.15) is 0 Å². The first-order valence-electron chi connectivity index (χ1n) is 9.99. The van der Waals surface area contributed by atoms with Crippen molar-refractivity contribution in [2.75, 3.05) is 13.1 Å². The van der Waals surface area contributed by atoms with Gasteiger partial charge in [0.1, 0.15) is 11.9 Å². The average molecular weight is 398 g/mol.